The minimum absolute atomic E-state index is 0.186. The Kier molecular flexibility index (Phi) is 3.62. The molecule has 4 rings (SSSR count). The average Bonchev–Trinajstić information content (AvgIpc) is 3.25. The zero-order valence-corrected chi connectivity index (χ0v) is 13.9. The van der Waals surface area contributed by atoms with Gasteiger partial charge in [0.05, 0.1) is 17.1 Å². The fourth-order valence-electron chi connectivity index (χ4n) is 2.50. The molecule has 3 heterocycles. The van der Waals surface area contributed by atoms with Crippen LogP contribution in [0.15, 0.2) is 30.3 Å². The number of hydrogen-bond acceptors (Lipinski definition) is 6. The monoisotopic (exact) mass is 343 g/mol. The lowest BCUT2D eigenvalue weighted by Crippen LogP contribution is -2.16. The Morgan fingerprint density at radius 3 is 2.83 bits per heavy atom. The van der Waals surface area contributed by atoms with Crippen LogP contribution in [-0.2, 0) is 11.5 Å². The highest BCUT2D eigenvalue weighted by atomic mass is 32.2. The van der Waals surface area contributed by atoms with Gasteiger partial charge in [0, 0.05) is 17.1 Å². The van der Waals surface area contributed by atoms with Crippen LogP contribution in [0.2, 0.25) is 0 Å². The van der Waals surface area contributed by atoms with E-state index in [-0.39, 0.29) is 5.91 Å². The number of rotatable bonds is 3. The highest BCUT2D eigenvalue weighted by molar-refractivity contribution is 7.98. The van der Waals surface area contributed by atoms with Crippen molar-refractivity contribution in [3.63, 3.8) is 0 Å². The largest absolute Gasteiger partial charge is 0.305 e. The second-order valence-electron chi connectivity index (χ2n) is 5.16. The van der Waals surface area contributed by atoms with Crippen molar-refractivity contribution in [3.8, 4) is 5.69 Å². The molecular formula is C15H13N5OS2. The summed E-state index contributed by atoms with van der Waals surface area (Å²) < 4.78 is 5.64. The summed E-state index contributed by atoms with van der Waals surface area (Å²) in [5, 5.41) is 11.6. The van der Waals surface area contributed by atoms with Gasteiger partial charge in [0.1, 0.15) is 10.7 Å². The Balaban J connectivity index is 1.76. The van der Waals surface area contributed by atoms with Crippen molar-refractivity contribution < 1.29 is 4.79 Å². The lowest BCUT2D eigenvalue weighted by atomic mass is 10.2. The van der Waals surface area contributed by atoms with Crippen LogP contribution < -0.4 is 5.32 Å². The number of nitrogens with zero attached hydrogens (tertiary/aromatic N) is 4. The van der Waals surface area contributed by atoms with Crippen LogP contribution in [0.5, 0.6) is 0 Å². The SMILES string of the molecule is Cc1nnsc1C(=O)Nc1c2c(nn1-c1ccccc1)CSC2. The van der Waals surface area contributed by atoms with Gasteiger partial charge in [-0.3, -0.25) is 4.79 Å². The summed E-state index contributed by atoms with van der Waals surface area (Å²) >= 11 is 2.91. The lowest BCUT2D eigenvalue weighted by molar-refractivity contribution is 0.102. The molecule has 3 aromatic rings. The van der Waals surface area contributed by atoms with E-state index in [1.165, 1.54) is 0 Å². The number of carbonyl (C=O) groups is 1. The van der Waals surface area contributed by atoms with E-state index in [4.69, 9.17) is 0 Å². The van der Waals surface area contributed by atoms with Crippen LogP contribution >= 0.6 is 23.3 Å². The molecule has 2 aromatic heterocycles. The van der Waals surface area contributed by atoms with E-state index in [0.717, 1.165) is 45.8 Å². The zero-order chi connectivity index (χ0) is 15.8. The molecule has 0 radical (unpaired) electrons. The third kappa shape index (κ3) is 2.53. The molecule has 0 atom stereocenters. The minimum Gasteiger partial charge on any atom is -0.305 e. The number of nitrogens with one attached hydrogen (secondary N) is 1. The van der Waals surface area contributed by atoms with Gasteiger partial charge in [-0.1, -0.05) is 22.7 Å². The maximum atomic E-state index is 12.5. The lowest BCUT2D eigenvalue weighted by Gasteiger charge is -2.10. The van der Waals surface area contributed by atoms with Crippen molar-refractivity contribution in [3.05, 3.63) is 52.2 Å². The van der Waals surface area contributed by atoms with Gasteiger partial charge in [-0.25, -0.2) is 4.68 Å². The van der Waals surface area contributed by atoms with Gasteiger partial charge in [0.25, 0.3) is 5.91 Å². The normalized spacial score (nSPS) is 13.1. The van der Waals surface area contributed by atoms with E-state index >= 15 is 0 Å². The van der Waals surface area contributed by atoms with E-state index in [2.05, 4.69) is 20.0 Å². The summed E-state index contributed by atoms with van der Waals surface area (Å²) in [6.45, 7) is 1.78. The van der Waals surface area contributed by atoms with Gasteiger partial charge in [-0.15, -0.1) is 5.10 Å². The standard InChI is InChI=1S/C15H13N5OS2/c1-9-13(23-19-17-9)15(21)16-14-11-7-22-8-12(11)18-20(14)10-5-3-2-4-6-10/h2-6H,7-8H2,1H3,(H,16,21). The highest BCUT2D eigenvalue weighted by Gasteiger charge is 2.25. The Labute approximate surface area is 141 Å². The first-order valence-electron chi connectivity index (χ1n) is 7.08. The molecule has 0 fully saturated rings. The molecule has 116 valence electrons. The van der Waals surface area contributed by atoms with Gasteiger partial charge in [-0.05, 0) is 30.6 Å². The Morgan fingerprint density at radius 2 is 2.09 bits per heavy atom. The summed E-state index contributed by atoms with van der Waals surface area (Å²) in [6, 6.07) is 9.83. The fourth-order valence-corrected chi connectivity index (χ4v) is 4.09. The van der Waals surface area contributed by atoms with Crippen molar-refractivity contribution in [2.45, 2.75) is 18.4 Å². The number of aryl methyl sites for hydroxylation is 1. The minimum atomic E-state index is -0.186. The smallest absolute Gasteiger partial charge is 0.270 e. The second-order valence-corrected chi connectivity index (χ2v) is 6.90. The second kappa shape index (κ2) is 5.78. The number of benzene rings is 1. The number of carbonyl (C=O) groups excluding carboxylic acids is 1. The predicted octanol–water partition coefficient (Wildman–Crippen LogP) is 3.03. The van der Waals surface area contributed by atoms with Gasteiger partial charge in [-0.2, -0.15) is 16.9 Å². The maximum absolute atomic E-state index is 12.5. The number of fused-ring (bicyclic) bond motifs is 1. The number of anilines is 1. The molecule has 1 amide bonds. The molecule has 0 saturated heterocycles. The summed E-state index contributed by atoms with van der Waals surface area (Å²) in [5.41, 5.74) is 3.71. The maximum Gasteiger partial charge on any atom is 0.270 e. The van der Waals surface area contributed by atoms with Crippen molar-refractivity contribution in [1.29, 1.82) is 0 Å². The Hall–Kier alpha value is -2.19. The van der Waals surface area contributed by atoms with E-state index < -0.39 is 0 Å². The predicted molar refractivity (Wildman–Crippen MR) is 91.2 cm³/mol. The molecule has 0 bridgehead atoms. The summed E-state index contributed by atoms with van der Waals surface area (Å²) in [5.74, 6) is 2.29. The third-order valence-corrected chi connectivity index (χ3v) is 5.44. The molecule has 0 unspecified atom stereocenters. The van der Waals surface area contributed by atoms with E-state index in [1.807, 2.05) is 35.0 Å². The molecule has 1 aromatic carbocycles. The molecule has 0 aliphatic carbocycles. The Bertz CT molecular complexity index is 871. The summed E-state index contributed by atoms with van der Waals surface area (Å²) in [4.78, 5) is 13.1. The number of thioether (sulfide) groups is 1. The van der Waals surface area contributed by atoms with Crippen molar-refractivity contribution in [2.24, 2.45) is 0 Å². The molecule has 0 saturated carbocycles. The molecule has 1 aliphatic rings. The molecule has 6 nitrogen and oxygen atoms in total. The van der Waals surface area contributed by atoms with Gasteiger partial charge >= 0.3 is 0 Å². The van der Waals surface area contributed by atoms with Crippen LogP contribution in [0.1, 0.15) is 26.6 Å². The highest BCUT2D eigenvalue weighted by Crippen LogP contribution is 2.36. The molecule has 8 heteroatoms. The molecule has 23 heavy (non-hydrogen) atoms. The van der Waals surface area contributed by atoms with Crippen LogP contribution in [0.4, 0.5) is 5.82 Å². The third-order valence-electron chi connectivity index (χ3n) is 3.64. The van der Waals surface area contributed by atoms with Crippen molar-refractivity contribution in [1.82, 2.24) is 19.4 Å². The van der Waals surface area contributed by atoms with Gasteiger partial charge in [0.2, 0.25) is 0 Å². The van der Waals surface area contributed by atoms with Crippen LogP contribution in [0.25, 0.3) is 5.69 Å². The Morgan fingerprint density at radius 1 is 1.26 bits per heavy atom. The van der Waals surface area contributed by atoms with Gasteiger partial charge < -0.3 is 5.32 Å². The van der Waals surface area contributed by atoms with Crippen LogP contribution in [0.3, 0.4) is 0 Å². The fraction of sp³-hybridized carbons (Fsp3) is 0.200. The van der Waals surface area contributed by atoms with Gasteiger partial charge in [0.15, 0.2) is 0 Å². The van der Waals surface area contributed by atoms with E-state index in [1.54, 1.807) is 18.7 Å². The van der Waals surface area contributed by atoms with E-state index in [9.17, 15) is 4.79 Å². The van der Waals surface area contributed by atoms with Crippen LogP contribution in [0, 0.1) is 6.92 Å². The average molecular weight is 343 g/mol. The zero-order valence-electron chi connectivity index (χ0n) is 12.3. The first-order valence-corrected chi connectivity index (χ1v) is 9.01. The number of amides is 1. The first-order chi connectivity index (χ1) is 11.2. The topological polar surface area (TPSA) is 72.7 Å². The van der Waals surface area contributed by atoms with Crippen molar-refractivity contribution in [2.75, 3.05) is 5.32 Å². The van der Waals surface area contributed by atoms with Crippen molar-refractivity contribution >= 4 is 35.0 Å². The summed E-state index contributed by atoms with van der Waals surface area (Å²) in [7, 11) is 0. The molecule has 1 N–H and O–H groups in total. The number of aromatic nitrogens is 4. The first kappa shape index (κ1) is 14.4. The van der Waals surface area contributed by atoms with E-state index in [0.29, 0.717) is 10.6 Å². The summed E-state index contributed by atoms with van der Waals surface area (Å²) in [6.07, 6.45) is 0. The molecule has 0 spiro atoms. The number of para-hydroxylation sites is 1. The molecular weight excluding hydrogens is 330 g/mol. The quantitative estimate of drug-likeness (QED) is 0.791. The number of hydrogen-bond donors (Lipinski definition) is 1. The molecule has 1 aliphatic heterocycles. The van der Waals surface area contributed by atoms with Crippen LogP contribution in [-0.4, -0.2) is 25.3 Å².